The van der Waals surface area contributed by atoms with Crippen LogP contribution in [0.4, 0.5) is 5.95 Å². The van der Waals surface area contributed by atoms with Crippen LogP contribution in [-0.4, -0.2) is 36.3 Å². The molecule has 2 saturated heterocycles. The van der Waals surface area contributed by atoms with Gasteiger partial charge < -0.3 is 14.7 Å². The molecule has 1 N–H and O–H groups in total. The molecular weight excluding hydrogens is 276 g/mol. The molecule has 20 heavy (non-hydrogen) atoms. The number of anilines is 1. The molecule has 3 heterocycles. The van der Waals surface area contributed by atoms with E-state index in [2.05, 4.69) is 27.3 Å². The predicted octanol–water partition coefficient (Wildman–Crippen LogP) is 2.41. The fraction of sp³-hybridized carbons (Fsp3) is 0.857. The standard InChI is InChI=1S/C14H24N4O.ClH/c1-2-4-12-16-13(17-19-12)18-10-3-5-14(11-18)6-8-15-9-7-14;/h15H,2-11H2,1H3;1H. The molecule has 0 bridgehead atoms. The van der Waals surface area contributed by atoms with Crippen molar-refractivity contribution in [3.8, 4) is 0 Å². The van der Waals surface area contributed by atoms with Crippen molar-refractivity contribution in [2.75, 3.05) is 31.1 Å². The lowest BCUT2D eigenvalue weighted by Crippen LogP contribution is -2.48. The van der Waals surface area contributed by atoms with Gasteiger partial charge in [-0.15, -0.1) is 12.4 Å². The van der Waals surface area contributed by atoms with Crippen LogP contribution in [0.5, 0.6) is 0 Å². The summed E-state index contributed by atoms with van der Waals surface area (Å²) < 4.78 is 5.32. The van der Waals surface area contributed by atoms with E-state index in [9.17, 15) is 0 Å². The fourth-order valence-corrected chi connectivity index (χ4v) is 3.43. The van der Waals surface area contributed by atoms with Gasteiger partial charge in [0.05, 0.1) is 0 Å². The van der Waals surface area contributed by atoms with Crippen LogP contribution in [0.2, 0.25) is 0 Å². The first-order valence-electron chi connectivity index (χ1n) is 7.60. The second kappa shape index (κ2) is 6.76. The van der Waals surface area contributed by atoms with Crippen molar-refractivity contribution >= 4 is 18.4 Å². The van der Waals surface area contributed by atoms with Crippen LogP contribution >= 0.6 is 12.4 Å². The molecule has 0 aromatic carbocycles. The molecule has 1 aromatic rings. The zero-order valence-electron chi connectivity index (χ0n) is 12.2. The van der Waals surface area contributed by atoms with Gasteiger partial charge in [-0.25, -0.2) is 0 Å². The van der Waals surface area contributed by atoms with Gasteiger partial charge in [0.15, 0.2) is 0 Å². The molecule has 0 amide bonds. The highest BCUT2D eigenvalue weighted by molar-refractivity contribution is 5.85. The molecule has 1 spiro atoms. The SMILES string of the molecule is CCCc1nc(N2CCCC3(CCNCC3)C2)no1.Cl. The molecule has 0 radical (unpaired) electrons. The lowest BCUT2D eigenvalue weighted by atomic mass is 9.73. The second-order valence-corrected chi connectivity index (χ2v) is 6.01. The fourth-order valence-electron chi connectivity index (χ4n) is 3.43. The summed E-state index contributed by atoms with van der Waals surface area (Å²) in [5, 5.41) is 7.62. The van der Waals surface area contributed by atoms with Crippen LogP contribution in [0.3, 0.4) is 0 Å². The quantitative estimate of drug-likeness (QED) is 0.929. The molecule has 0 atom stereocenters. The molecule has 6 heteroatoms. The Kier molecular flexibility index (Phi) is 5.27. The number of aromatic nitrogens is 2. The monoisotopic (exact) mass is 300 g/mol. The van der Waals surface area contributed by atoms with E-state index in [1.807, 2.05) is 0 Å². The van der Waals surface area contributed by atoms with Gasteiger partial charge in [-0.2, -0.15) is 4.98 Å². The number of aryl methyl sites for hydroxylation is 1. The van der Waals surface area contributed by atoms with E-state index >= 15 is 0 Å². The molecule has 2 fully saturated rings. The van der Waals surface area contributed by atoms with Gasteiger partial charge in [0.2, 0.25) is 5.89 Å². The molecule has 0 saturated carbocycles. The molecule has 114 valence electrons. The number of rotatable bonds is 3. The number of halogens is 1. The highest BCUT2D eigenvalue weighted by Gasteiger charge is 2.37. The topological polar surface area (TPSA) is 54.2 Å². The highest BCUT2D eigenvalue weighted by Crippen LogP contribution is 2.38. The van der Waals surface area contributed by atoms with Crippen LogP contribution < -0.4 is 10.2 Å². The largest absolute Gasteiger partial charge is 0.338 e. The Morgan fingerprint density at radius 1 is 1.30 bits per heavy atom. The predicted molar refractivity (Wildman–Crippen MR) is 81.5 cm³/mol. The first-order chi connectivity index (χ1) is 9.31. The van der Waals surface area contributed by atoms with Crippen molar-refractivity contribution < 1.29 is 4.52 Å². The summed E-state index contributed by atoms with van der Waals surface area (Å²) in [6, 6.07) is 0. The normalized spacial score (nSPS) is 21.8. The second-order valence-electron chi connectivity index (χ2n) is 6.01. The van der Waals surface area contributed by atoms with Crippen LogP contribution in [0.15, 0.2) is 4.52 Å². The number of nitrogens with zero attached hydrogens (tertiary/aromatic N) is 3. The van der Waals surface area contributed by atoms with Crippen molar-refractivity contribution in [3.05, 3.63) is 5.89 Å². The van der Waals surface area contributed by atoms with E-state index in [1.54, 1.807) is 0 Å². The van der Waals surface area contributed by atoms with E-state index in [1.165, 1.54) is 25.7 Å². The van der Waals surface area contributed by atoms with E-state index < -0.39 is 0 Å². The molecule has 2 aliphatic heterocycles. The van der Waals surface area contributed by atoms with Crippen molar-refractivity contribution in [1.29, 1.82) is 0 Å². The Bertz CT molecular complexity index is 412. The van der Waals surface area contributed by atoms with Gasteiger partial charge in [-0.05, 0) is 55.8 Å². The van der Waals surface area contributed by atoms with Gasteiger partial charge in [0, 0.05) is 19.5 Å². The average molecular weight is 301 g/mol. The molecule has 0 unspecified atom stereocenters. The minimum absolute atomic E-state index is 0. The lowest BCUT2D eigenvalue weighted by Gasteiger charge is -2.45. The summed E-state index contributed by atoms with van der Waals surface area (Å²) in [6.07, 6.45) is 7.10. The van der Waals surface area contributed by atoms with Gasteiger partial charge in [-0.1, -0.05) is 6.92 Å². The van der Waals surface area contributed by atoms with Crippen LogP contribution in [0.25, 0.3) is 0 Å². The number of hydrogen-bond acceptors (Lipinski definition) is 5. The van der Waals surface area contributed by atoms with E-state index in [-0.39, 0.29) is 12.4 Å². The van der Waals surface area contributed by atoms with Crippen molar-refractivity contribution in [2.45, 2.75) is 45.4 Å². The molecule has 3 rings (SSSR count). The zero-order chi connectivity index (χ0) is 13.1. The van der Waals surface area contributed by atoms with Gasteiger partial charge in [0.1, 0.15) is 0 Å². The van der Waals surface area contributed by atoms with E-state index in [0.29, 0.717) is 5.41 Å². The maximum atomic E-state index is 5.32. The molecule has 5 nitrogen and oxygen atoms in total. The molecule has 0 aliphatic carbocycles. The third-order valence-corrected chi connectivity index (χ3v) is 4.53. The van der Waals surface area contributed by atoms with Gasteiger partial charge >= 0.3 is 0 Å². The lowest BCUT2D eigenvalue weighted by molar-refractivity contribution is 0.165. The number of piperidine rings is 2. The van der Waals surface area contributed by atoms with E-state index in [0.717, 1.165) is 50.9 Å². The number of nitrogens with one attached hydrogen (secondary N) is 1. The van der Waals surface area contributed by atoms with Crippen LogP contribution in [0.1, 0.15) is 44.9 Å². The maximum Gasteiger partial charge on any atom is 0.266 e. The summed E-state index contributed by atoms with van der Waals surface area (Å²) >= 11 is 0. The first-order valence-corrected chi connectivity index (χ1v) is 7.60. The number of hydrogen-bond donors (Lipinski definition) is 1. The molecule has 2 aliphatic rings. The Hall–Kier alpha value is -0.810. The summed E-state index contributed by atoms with van der Waals surface area (Å²) in [7, 11) is 0. The molecule has 1 aromatic heterocycles. The maximum absolute atomic E-state index is 5.32. The minimum Gasteiger partial charge on any atom is -0.338 e. The van der Waals surface area contributed by atoms with Gasteiger partial charge in [0.25, 0.3) is 5.95 Å². The van der Waals surface area contributed by atoms with Gasteiger partial charge in [-0.3, -0.25) is 0 Å². The third-order valence-electron chi connectivity index (χ3n) is 4.53. The molecular formula is C14H25ClN4O. The first kappa shape index (κ1) is 15.6. The third kappa shape index (κ3) is 3.26. The Balaban J connectivity index is 0.00000147. The van der Waals surface area contributed by atoms with Crippen LogP contribution in [0, 0.1) is 5.41 Å². The van der Waals surface area contributed by atoms with Crippen molar-refractivity contribution in [3.63, 3.8) is 0 Å². The summed E-state index contributed by atoms with van der Waals surface area (Å²) in [4.78, 5) is 6.87. The Morgan fingerprint density at radius 3 is 2.85 bits per heavy atom. The van der Waals surface area contributed by atoms with Crippen molar-refractivity contribution in [1.82, 2.24) is 15.5 Å². The van der Waals surface area contributed by atoms with Crippen molar-refractivity contribution in [2.24, 2.45) is 5.41 Å². The Morgan fingerprint density at radius 2 is 2.10 bits per heavy atom. The summed E-state index contributed by atoms with van der Waals surface area (Å²) in [6.45, 7) is 6.61. The summed E-state index contributed by atoms with van der Waals surface area (Å²) in [5.41, 5.74) is 0.481. The zero-order valence-corrected chi connectivity index (χ0v) is 13.0. The highest BCUT2D eigenvalue weighted by atomic mass is 35.5. The smallest absolute Gasteiger partial charge is 0.266 e. The summed E-state index contributed by atoms with van der Waals surface area (Å²) in [5.74, 6) is 1.59. The van der Waals surface area contributed by atoms with E-state index in [4.69, 9.17) is 4.52 Å². The minimum atomic E-state index is 0. The average Bonchev–Trinajstić information content (AvgIpc) is 2.89. The van der Waals surface area contributed by atoms with Crippen LogP contribution in [-0.2, 0) is 6.42 Å². The Labute approximate surface area is 126 Å².